The predicted molar refractivity (Wildman–Crippen MR) is 70.5 cm³/mol. The SMILES string of the molecule is O=C(O)CC(CCc1ccccc1)c1cc[nH]c1. The highest BCUT2D eigenvalue weighted by atomic mass is 16.4. The average molecular weight is 243 g/mol. The van der Waals surface area contributed by atoms with E-state index in [1.807, 2.05) is 36.7 Å². The van der Waals surface area contributed by atoms with E-state index in [1.54, 1.807) is 0 Å². The number of hydrogen-bond acceptors (Lipinski definition) is 1. The standard InChI is InChI=1S/C15H17NO2/c17-15(18)10-13(14-8-9-16-11-14)7-6-12-4-2-1-3-5-12/h1-5,8-9,11,13,16H,6-7,10H2,(H,17,18). The minimum absolute atomic E-state index is 0.0777. The highest BCUT2D eigenvalue weighted by Crippen LogP contribution is 2.25. The number of carbonyl (C=O) groups is 1. The molecule has 1 aromatic heterocycles. The maximum atomic E-state index is 10.9. The van der Waals surface area contributed by atoms with Crippen LogP contribution in [0.15, 0.2) is 48.8 Å². The Kier molecular flexibility index (Phi) is 4.18. The van der Waals surface area contributed by atoms with E-state index >= 15 is 0 Å². The molecule has 0 radical (unpaired) electrons. The van der Waals surface area contributed by atoms with Crippen LogP contribution in [-0.4, -0.2) is 16.1 Å². The summed E-state index contributed by atoms with van der Waals surface area (Å²) in [6.07, 6.45) is 5.67. The van der Waals surface area contributed by atoms with Gasteiger partial charge in [0.15, 0.2) is 0 Å². The minimum Gasteiger partial charge on any atom is -0.481 e. The molecule has 2 N–H and O–H groups in total. The van der Waals surface area contributed by atoms with E-state index in [-0.39, 0.29) is 12.3 Å². The topological polar surface area (TPSA) is 53.1 Å². The van der Waals surface area contributed by atoms with Gasteiger partial charge in [0.25, 0.3) is 0 Å². The largest absolute Gasteiger partial charge is 0.481 e. The Morgan fingerprint density at radius 3 is 2.61 bits per heavy atom. The third kappa shape index (κ3) is 3.48. The second kappa shape index (κ2) is 6.05. The summed E-state index contributed by atoms with van der Waals surface area (Å²) in [6.45, 7) is 0. The maximum absolute atomic E-state index is 10.9. The molecule has 0 saturated carbocycles. The maximum Gasteiger partial charge on any atom is 0.303 e. The molecule has 0 saturated heterocycles. The van der Waals surface area contributed by atoms with Crippen molar-refractivity contribution in [2.75, 3.05) is 0 Å². The zero-order chi connectivity index (χ0) is 12.8. The van der Waals surface area contributed by atoms with Gasteiger partial charge in [-0.1, -0.05) is 30.3 Å². The van der Waals surface area contributed by atoms with E-state index in [1.165, 1.54) is 5.56 Å². The molecular weight excluding hydrogens is 226 g/mol. The third-order valence-electron chi connectivity index (χ3n) is 3.14. The monoisotopic (exact) mass is 243 g/mol. The zero-order valence-corrected chi connectivity index (χ0v) is 10.2. The lowest BCUT2D eigenvalue weighted by Gasteiger charge is -2.13. The number of carboxylic acid groups (broad SMARTS) is 1. The summed E-state index contributed by atoms with van der Waals surface area (Å²) < 4.78 is 0. The Morgan fingerprint density at radius 2 is 2.00 bits per heavy atom. The Balaban J connectivity index is 2.00. The van der Waals surface area contributed by atoms with Crippen molar-refractivity contribution in [3.63, 3.8) is 0 Å². The average Bonchev–Trinajstić information content (AvgIpc) is 2.89. The van der Waals surface area contributed by atoms with Gasteiger partial charge in [-0.2, -0.15) is 0 Å². The first-order valence-corrected chi connectivity index (χ1v) is 6.14. The molecule has 2 rings (SSSR count). The molecule has 0 aliphatic carbocycles. The van der Waals surface area contributed by atoms with Crippen molar-refractivity contribution in [3.05, 3.63) is 59.9 Å². The number of benzene rings is 1. The number of nitrogens with one attached hydrogen (secondary N) is 1. The fraction of sp³-hybridized carbons (Fsp3) is 0.267. The molecular formula is C15H17NO2. The predicted octanol–water partition coefficient (Wildman–Crippen LogP) is 3.21. The van der Waals surface area contributed by atoms with Gasteiger partial charge in [0.05, 0.1) is 6.42 Å². The number of aliphatic carboxylic acids is 1. The fourth-order valence-corrected chi connectivity index (χ4v) is 2.17. The van der Waals surface area contributed by atoms with Crippen molar-refractivity contribution in [2.24, 2.45) is 0 Å². The summed E-state index contributed by atoms with van der Waals surface area (Å²) in [6, 6.07) is 12.1. The molecule has 0 amide bonds. The number of H-pyrrole nitrogens is 1. The Hall–Kier alpha value is -2.03. The summed E-state index contributed by atoms with van der Waals surface area (Å²) in [5.74, 6) is -0.664. The second-order valence-corrected chi connectivity index (χ2v) is 4.46. The van der Waals surface area contributed by atoms with Gasteiger partial charge in [-0.25, -0.2) is 0 Å². The lowest BCUT2D eigenvalue weighted by molar-refractivity contribution is -0.137. The molecule has 2 aromatic rings. The van der Waals surface area contributed by atoms with E-state index < -0.39 is 5.97 Å². The normalized spacial score (nSPS) is 12.2. The number of hydrogen-bond donors (Lipinski definition) is 2. The number of aromatic nitrogens is 1. The van der Waals surface area contributed by atoms with Crippen LogP contribution < -0.4 is 0 Å². The van der Waals surface area contributed by atoms with Crippen molar-refractivity contribution < 1.29 is 9.90 Å². The number of carboxylic acids is 1. The molecule has 18 heavy (non-hydrogen) atoms. The first-order valence-electron chi connectivity index (χ1n) is 6.14. The summed E-state index contributed by atoms with van der Waals surface area (Å²) in [7, 11) is 0. The molecule has 0 spiro atoms. The smallest absolute Gasteiger partial charge is 0.303 e. The second-order valence-electron chi connectivity index (χ2n) is 4.46. The quantitative estimate of drug-likeness (QED) is 0.818. The zero-order valence-electron chi connectivity index (χ0n) is 10.2. The molecule has 1 unspecified atom stereocenters. The number of rotatable bonds is 6. The Labute approximate surface area is 106 Å². The van der Waals surface area contributed by atoms with Crippen LogP contribution in [0.1, 0.15) is 29.9 Å². The van der Waals surface area contributed by atoms with Gasteiger partial charge in [0.1, 0.15) is 0 Å². The van der Waals surface area contributed by atoms with Gasteiger partial charge in [0.2, 0.25) is 0 Å². The Bertz CT molecular complexity index is 476. The molecule has 1 atom stereocenters. The van der Waals surface area contributed by atoms with E-state index in [9.17, 15) is 4.79 Å². The molecule has 0 aliphatic heterocycles. The molecule has 0 aliphatic rings. The van der Waals surface area contributed by atoms with Crippen LogP contribution in [0.4, 0.5) is 0 Å². The molecule has 1 heterocycles. The van der Waals surface area contributed by atoms with Gasteiger partial charge in [0, 0.05) is 12.4 Å². The highest BCUT2D eigenvalue weighted by molar-refractivity contribution is 5.68. The van der Waals surface area contributed by atoms with Crippen LogP contribution >= 0.6 is 0 Å². The van der Waals surface area contributed by atoms with Gasteiger partial charge >= 0.3 is 5.97 Å². The molecule has 3 heteroatoms. The van der Waals surface area contributed by atoms with Crippen LogP contribution in [0.2, 0.25) is 0 Å². The lowest BCUT2D eigenvalue weighted by atomic mass is 9.91. The molecule has 3 nitrogen and oxygen atoms in total. The van der Waals surface area contributed by atoms with E-state index in [4.69, 9.17) is 5.11 Å². The summed E-state index contributed by atoms with van der Waals surface area (Å²) in [4.78, 5) is 13.9. The molecule has 94 valence electrons. The first kappa shape index (κ1) is 12.4. The fourth-order valence-electron chi connectivity index (χ4n) is 2.17. The van der Waals surface area contributed by atoms with Gasteiger partial charge < -0.3 is 10.1 Å². The Morgan fingerprint density at radius 1 is 1.22 bits per heavy atom. The van der Waals surface area contributed by atoms with Crippen LogP contribution in [-0.2, 0) is 11.2 Å². The van der Waals surface area contributed by atoms with Gasteiger partial charge in [-0.3, -0.25) is 4.79 Å². The summed E-state index contributed by atoms with van der Waals surface area (Å²) >= 11 is 0. The minimum atomic E-state index is -0.741. The lowest BCUT2D eigenvalue weighted by Crippen LogP contribution is -2.07. The highest BCUT2D eigenvalue weighted by Gasteiger charge is 2.15. The molecule has 0 bridgehead atoms. The third-order valence-corrected chi connectivity index (χ3v) is 3.14. The molecule has 1 aromatic carbocycles. The van der Waals surface area contributed by atoms with Gasteiger partial charge in [-0.05, 0) is 36.0 Å². The van der Waals surface area contributed by atoms with Crippen molar-refractivity contribution in [3.8, 4) is 0 Å². The van der Waals surface area contributed by atoms with Crippen molar-refractivity contribution in [1.29, 1.82) is 0 Å². The summed E-state index contributed by atoms with van der Waals surface area (Å²) in [5, 5.41) is 8.97. The van der Waals surface area contributed by atoms with Crippen LogP contribution in [0.5, 0.6) is 0 Å². The van der Waals surface area contributed by atoms with E-state index in [0.717, 1.165) is 18.4 Å². The summed E-state index contributed by atoms with van der Waals surface area (Å²) in [5.41, 5.74) is 2.33. The van der Waals surface area contributed by atoms with E-state index in [0.29, 0.717) is 0 Å². The van der Waals surface area contributed by atoms with Crippen LogP contribution in [0.3, 0.4) is 0 Å². The van der Waals surface area contributed by atoms with Gasteiger partial charge in [-0.15, -0.1) is 0 Å². The number of aromatic amines is 1. The van der Waals surface area contributed by atoms with Crippen LogP contribution in [0.25, 0.3) is 0 Å². The van der Waals surface area contributed by atoms with Crippen molar-refractivity contribution in [1.82, 2.24) is 4.98 Å². The van der Waals surface area contributed by atoms with E-state index in [2.05, 4.69) is 17.1 Å². The number of aryl methyl sites for hydroxylation is 1. The molecule has 0 fully saturated rings. The van der Waals surface area contributed by atoms with Crippen molar-refractivity contribution in [2.45, 2.75) is 25.2 Å². The first-order chi connectivity index (χ1) is 8.75. The van der Waals surface area contributed by atoms with Crippen molar-refractivity contribution >= 4 is 5.97 Å². The van der Waals surface area contributed by atoms with Crippen LogP contribution in [0, 0.1) is 0 Å².